The number of rotatable bonds is 3. The molecule has 4 heteroatoms. The maximum Gasteiger partial charge on any atom is 0.132 e. The van der Waals surface area contributed by atoms with E-state index in [9.17, 15) is 0 Å². The Bertz CT molecular complexity index is 587. The normalized spacial score (nSPS) is 10.3. The van der Waals surface area contributed by atoms with Gasteiger partial charge in [0.25, 0.3) is 0 Å². The molecule has 0 aliphatic heterocycles. The molecule has 0 atom stereocenters. The molecular formula is C14H16N4. The van der Waals surface area contributed by atoms with Crippen LogP contribution >= 0.6 is 0 Å². The smallest absolute Gasteiger partial charge is 0.132 e. The first-order valence-electron chi connectivity index (χ1n) is 5.88. The number of pyridine rings is 1. The Kier molecular flexibility index (Phi) is 3.33. The molecule has 0 amide bonds. The van der Waals surface area contributed by atoms with Gasteiger partial charge >= 0.3 is 0 Å². The van der Waals surface area contributed by atoms with Gasteiger partial charge in [0.15, 0.2) is 0 Å². The lowest BCUT2D eigenvalue weighted by Crippen LogP contribution is -2.05. The number of terminal acetylenes is 1. The topological polar surface area (TPSA) is 56.7 Å². The average Bonchev–Trinajstić information content (AvgIpc) is 2.69. The Balaban J connectivity index is 2.52. The summed E-state index contributed by atoms with van der Waals surface area (Å²) >= 11 is 0. The molecule has 18 heavy (non-hydrogen) atoms. The van der Waals surface area contributed by atoms with Crippen LogP contribution in [0.2, 0.25) is 0 Å². The third kappa shape index (κ3) is 2.07. The van der Waals surface area contributed by atoms with Crippen molar-refractivity contribution in [1.29, 1.82) is 0 Å². The van der Waals surface area contributed by atoms with Crippen molar-refractivity contribution >= 4 is 5.82 Å². The van der Waals surface area contributed by atoms with Gasteiger partial charge in [0.05, 0.1) is 6.54 Å². The molecule has 0 spiro atoms. The van der Waals surface area contributed by atoms with Gasteiger partial charge in [-0.15, -0.1) is 6.42 Å². The molecule has 0 fully saturated rings. The minimum atomic E-state index is 0.446. The van der Waals surface area contributed by atoms with Gasteiger partial charge in [-0.2, -0.15) is 0 Å². The molecule has 2 N–H and O–H groups in total. The van der Waals surface area contributed by atoms with E-state index in [1.165, 1.54) is 0 Å². The molecule has 2 aromatic heterocycles. The number of imidazole rings is 1. The van der Waals surface area contributed by atoms with Crippen LogP contribution in [0.15, 0.2) is 18.3 Å². The zero-order chi connectivity index (χ0) is 13.1. The van der Waals surface area contributed by atoms with E-state index in [2.05, 4.69) is 15.9 Å². The van der Waals surface area contributed by atoms with Crippen LogP contribution in [0.5, 0.6) is 0 Å². The minimum Gasteiger partial charge on any atom is -0.383 e. The Morgan fingerprint density at radius 1 is 1.44 bits per heavy atom. The van der Waals surface area contributed by atoms with E-state index < -0.39 is 0 Å². The number of nitrogen functional groups attached to an aromatic ring is 1. The molecule has 0 radical (unpaired) electrons. The monoisotopic (exact) mass is 240 g/mol. The van der Waals surface area contributed by atoms with Gasteiger partial charge in [-0.25, -0.2) is 4.98 Å². The number of hydrogen-bond donors (Lipinski definition) is 1. The van der Waals surface area contributed by atoms with Crippen LogP contribution in [0.3, 0.4) is 0 Å². The average molecular weight is 240 g/mol. The van der Waals surface area contributed by atoms with E-state index in [1.54, 1.807) is 6.20 Å². The summed E-state index contributed by atoms with van der Waals surface area (Å²) in [6.45, 7) is 4.43. The van der Waals surface area contributed by atoms with Crippen molar-refractivity contribution < 1.29 is 0 Å². The highest BCUT2D eigenvalue weighted by Gasteiger charge is 2.14. The first-order chi connectivity index (χ1) is 8.67. The molecule has 2 rings (SSSR count). The van der Waals surface area contributed by atoms with Gasteiger partial charge in [-0.3, -0.25) is 4.98 Å². The van der Waals surface area contributed by atoms with Gasteiger partial charge in [-0.05, 0) is 19.1 Å². The fourth-order valence-corrected chi connectivity index (χ4v) is 1.87. The van der Waals surface area contributed by atoms with Gasteiger partial charge < -0.3 is 10.3 Å². The molecule has 0 aromatic carbocycles. The van der Waals surface area contributed by atoms with E-state index in [4.69, 9.17) is 12.2 Å². The highest BCUT2D eigenvalue weighted by atomic mass is 15.1. The van der Waals surface area contributed by atoms with Crippen LogP contribution in [0.25, 0.3) is 11.3 Å². The predicted octanol–water partition coefficient (Wildman–Crippen LogP) is 2.03. The van der Waals surface area contributed by atoms with Crippen molar-refractivity contribution in [3.8, 4) is 23.6 Å². The lowest BCUT2D eigenvalue weighted by Gasteiger charge is -2.04. The maximum absolute atomic E-state index is 6.11. The van der Waals surface area contributed by atoms with Crippen LogP contribution in [-0.4, -0.2) is 14.5 Å². The Hall–Kier alpha value is -2.28. The summed E-state index contributed by atoms with van der Waals surface area (Å²) in [7, 11) is 0. The van der Waals surface area contributed by atoms with E-state index in [1.807, 2.05) is 30.5 Å². The summed E-state index contributed by atoms with van der Waals surface area (Å²) < 4.78 is 1.87. The van der Waals surface area contributed by atoms with Crippen molar-refractivity contribution in [2.45, 2.75) is 26.8 Å². The third-order valence-electron chi connectivity index (χ3n) is 2.84. The maximum atomic E-state index is 6.11. The van der Waals surface area contributed by atoms with E-state index in [0.29, 0.717) is 12.4 Å². The summed E-state index contributed by atoms with van der Waals surface area (Å²) in [5.74, 6) is 4.11. The van der Waals surface area contributed by atoms with Crippen LogP contribution in [0.4, 0.5) is 5.82 Å². The van der Waals surface area contributed by atoms with Gasteiger partial charge in [0.1, 0.15) is 17.3 Å². The Labute approximate surface area is 107 Å². The zero-order valence-corrected chi connectivity index (χ0v) is 10.6. The number of nitrogens with two attached hydrogens (primary N) is 1. The number of aryl methyl sites for hydroxylation is 2. The minimum absolute atomic E-state index is 0.446. The highest BCUT2D eigenvalue weighted by molar-refractivity contribution is 5.70. The second-order valence-electron chi connectivity index (χ2n) is 4.09. The molecule has 4 nitrogen and oxygen atoms in total. The molecule has 92 valence electrons. The lowest BCUT2D eigenvalue weighted by molar-refractivity contribution is 0.769. The molecule has 0 aliphatic carbocycles. The predicted molar refractivity (Wildman–Crippen MR) is 72.8 cm³/mol. The van der Waals surface area contributed by atoms with Gasteiger partial charge in [-0.1, -0.05) is 12.8 Å². The Morgan fingerprint density at radius 3 is 2.78 bits per heavy atom. The largest absolute Gasteiger partial charge is 0.383 e. The summed E-state index contributed by atoms with van der Waals surface area (Å²) in [4.78, 5) is 8.81. The Morgan fingerprint density at radius 2 is 2.22 bits per heavy atom. The highest BCUT2D eigenvalue weighted by Crippen LogP contribution is 2.26. The summed E-state index contributed by atoms with van der Waals surface area (Å²) in [6, 6.07) is 3.92. The van der Waals surface area contributed by atoms with Crippen molar-refractivity contribution in [1.82, 2.24) is 14.5 Å². The van der Waals surface area contributed by atoms with Crippen molar-refractivity contribution in [3.05, 3.63) is 29.8 Å². The van der Waals surface area contributed by atoms with Crippen LogP contribution < -0.4 is 5.73 Å². The standard InChI is InChI=1S/C14H16N4/c1-4-8-18-12(5-2)17-13(14(18)15)11-7-6-10(3)16-9-11/h1,6-7,9H,5,8,15H2,2-3H3. The third-order valence-corrected chi connectivity index (χ3v) is 2.84. The van der Waals surface area contributed by atoms with E-state index in [-0.39, 0.29) is 0 Å². The number of nitrogens with zero attached hydrogens (tertiary/aromatic N) is 3. The summed E-state index contributed by atoms with van der Waals surface area (Å²) in [5.41, 5.74) is 8.76. The van der Waals surface area contributed by atoms with Gasteiger partial charge in [0, 0.05) is 23.9 Å². The first kappa shape index (κ1) is 12.2. The van der Waals surface area contributed by atoms with Crippen molar-refractivity contribution in [2.75, 3.05) is 5.73 Å². The number of aromatic nitrogens is 3. The molecule has 0 bridgehead atoms. The first-order valence-corrected chi connectivity index (χ1v) is 5.88. The van der Waals surface area contributed by atoms with Crippen LogP contribution in [-0.2, 0) is 13.0 Å². The van der Waals surface area contributed by atoms with Crippen LogP contribution in [0.1, 0.15) is 18.4 Å². The molecule has 0 aliphatic rings. The molecule has 0 saturated carbocycles. The second kappa shape index (κ2) is 4.92. The SMILES string of the molecule is C#CCn1c(CC)nc(-c2ccc(C)nc2)c1N. The second-order valence-corrected chi connectivity index (χ2v) is 4.09. The molecule has 0 saturated heterocycles. The lowest BCUT2D eigenvalue weighted by atomic mass is 10.2. The molecule has 2 aromatic rings. The fourth-order valence-electron chi connectivity index (χ4n) is 1.87. The van der Waals surface area contributed by atoms with Crippen LogP contribution in [0, 0.1) is 19.3 Å². The van der Waals surface area contributed by atoms with Gasteiger partial charge in [0.2, 0.25) is 0 Å². The quantitative estimate of drug-likeness (QED) is 0.835. The number of anilines is 1. The van der Waals surface area contributed by atoms with E-state index in [0.717, 1.165) is 29.2 Å². The van der Waals surface area contributed by atoms with E-state index >= 15 is 0 Å². The van der Waals surface area contributed by atoms with Crippen molar-refractivity contribution in [2.24, 2.45) is 0 Å². The summed E-state index contributed by atoms with van der Waals surface area (Å²) in [6.07, 6.45) is 7.94. The number of hydrogen-bond acceptors (Lipinski definition) is 3. The zero-order valence-electron chi connectivity index (χ0n) is 10.6. The molecule has 2 heterocycles. The summed E-state index contributed by atoms with van der Waals surface area (Å²) in [5, 5.41) is 0. The molecular weight excluding hydrogens is 224 g/mol. The molecule has 0 unspecified atom stereocenters. The van der Waals surface area contributed by atoms with Crippen molar-refractivity contribution in [3.63, 3.8) is 0 Å². The fraction of sp³-hybridized carbons (Fsp3) is 0.286.